The molecule has 1 aliphatic carbocycles. The van der Waals surface area contributed by atoms with Gasteiger partial charge in [0.15, 0.2) is 0 Å². The van der Waals surface area contributed by atoms with Crippen LogP contribution in [0, 0.1) is 18.8 Å². The molecule has 1 saturated heterocycles. The minimum absolute atomic E-state index is 0.623. The molecule has 104 valence electrons. The number of anilines is 1. The van der Waals surface area contributed by atoms with Crippen molar-refractivity contribution in [3.63, 3.8) is 0 Å². The molecule has 2 aliphatic rings. The molecule has 1 N–H and O–H groups in total. The Kier molecular flexibility index (Phi) is 3.53. The molecule has 2 heteroatoms. The van der Waals surface area contributed by atoms with Crippen LogP contribution >= 0.6 is 0 Å². The van der Waals surface area contributed by atoms with Gasteiger partial charge in [-0.25, -0.2) is 0 Å². The zero-order valence-corrected chi connectivity index (χ0v) is 12.4. The molecule has 1 heterocycles. The highest BCUT2D eigenvalue weighted by atomic mass is 15.2. The van der Waals surface area contributed by atoms with E-state index in [9.17, 15) is 0 Å². The maximum absolute atomic E-state index is 3.78. The number of benzene rings is 1. The molecule has 0 spiro atoms. The summed E-state index contributed by atoms with van der Waals surface area (Å²) in [5, 5.41) is 3.78. The van der Waals surface area contributed by atoms with E-state index in [4.69, 9.17) is 0 Å². The van der Waals surface area contributed by atoms with E-state index >= 15 is 0 Å². The van der Waals surface area contributed by atoms with Gasteiger partial charge in [-0.05, 0) is 43.7 Å². The van der Waals surface area contributed by atoms with Gasteiger partial charge in [0.1, 0.15) is 0 Å². The monoisotopic (exact) mass is 258 g/mol. The molecule has 2 fully saturated rings. The van der Waals surface area contributed by atoms with Crippen molar-refractivity contribution in [1.29, 1.82) is 0 Å². The van der Waals surface area contributed by atoms with E-state index < -0.39 is 0 Å². The second-order valence-corrected chi connectivity index (χ2v) is 6.65. The Bertz CT molecular complexity index is 419. The topological polar surface area (TPSA) is 15.3 Å². The van der Waals surface area contributed by atoms with Crippen LogP contribution in [0.3, 0.4) is 0 Å². The lowest BCUT2D eigenvalue weighted by atomic mass is 9.96. The summed E-state index contributed by atoms with van der Waals surface area (Å²) >= 11 is 0. The number of nitrogens with one attached hydrogen (secondary N) is 1. The summed E-state index contributed by atoms with van der Waals surface area (Å²) in [7, 11) is 0. The molecule has 3 rings (SSSR count). The van der Waals surface area contributed by atoms with Gasteiger partial charge in [0, 0.05) is 30.9 Å². The van der Waals surface area contributed by atoms with E-state index in [1.165, 1.54) is 30.6 Å². The molecule has 2 atom stereocenters. The summed E-state index contributed by atoms with van der Waals surface area (Å²) in [5.41, 5.74) is 2.75. The average Bonchev–Trinajstić information content (AvgIpc) is 3.23. The molecule has 0 aromatic heterocycles. The minimum Gasteiger partial charge on any atom is -0.365 e. The Morgan fingerprint density at radius 1 is 1.16 bits per heavy atom. The summed E-state index contributed by atoms with van der Waals surface area (Å²) in [6, 6.07) is 10.4. The van der Waals surface area contributed by atoms with E-state index in [1.807, 2.05) is 0 Å². The van der Waals surface area contributed by atoms with Gasteiger partial charge < -0.3 is 10.2 Å². The minimum atomic E-state index is 0.623. The first kappa shape index (κ1) is 13.0. The first-order chi connectivity index (χ1) is 9.15. The van der Waals surface area contributed by atoms with Crippen LogP contribution in [0.15, 0.2) is 24.3 Å². The molecule has 19 heavy (non-hydrogen) atoms. The number of rotatable bonds is 3. The van der Waals surface area contributed by atoms with Crippen LogP contribution in [0.2, 0.25) is 0 Å². The molecule has 1 aromatic rings. The van der Waals surface area contributed by atoms with E-state index in [2.05, 4.69) is 55.3 Å². The zero-order chi connectivity index (χ0) is 13.4. The SMILES string of the molecule is Cc1ccc(N2CC(C3CC3)NCC2C(C)C)cc1. The molecule has 0 amide bonds. The van der Waals surface area contributed by atoms with E-state index in [1.54, 1.807) is 0 Å². The van der Waals surface area contributed by atoms with Crippen LogP contribution in [0.4, 0.5) is 5.69 Å². The Hall–Kier alpha value is -1.02. The van der Waals surface area contributed by atoms with Gasteiger partial charge in [-0.2, -0.15) is 0 Å². The fourth-order valence-corrected chi connectivity index (χ4v) is 3.24. The van der Waals surface area contributed by atoms with Gasteiger partial charge in [-0.1, -0.05) is 31.5 Å². The molecule has 1 saturated carbocycles. The van der Waals surface area contributed by atoms with Crippen LogP contribution in [0.1, 0.15) is 32.3 Å². The summed E-state index contributed by atoms with van der Waals surface area (Å²) in [6.45, 7) is 9.15. The van der Waals surface area contributed by atoms with Gasteiger partial charge in [0.2, 0.25) is 0 Å². The molecule has 2 nitrogen and oxygen atoms in total. The van der Waals surface area contributed by atoms with Crippen molar-refractivity contribution in [2.75, 3.05) is 18.0 Å². The highest BCUT2D eigenvalue weighted by molar-refractivity contribution is 5.49. The van der Waals surface area contributed by atoms with E-state index in [0.717, 1.165) is 12.5 Å². The Morgan fingerprint density at radius 3 is 2.42 bits per heavy atom. The Labute approximate surface area is 117 Å². The van der Waals surface area contributed by atoms with E-state index in [0.29, 0.717) is 18.0 Å². The lowest BCUT2D eigenvalue weighted by Gasteiger charge is -2.44. The fraction of sp³-hybridized carbons (Fsp3) is 0.647. The molecular weight excluding hydrogens is 232 g/mol. The third-order valence-corrected chi connectivity index (χ3v) is 4.71. The Morgan fingerprint density at radius 2 is 1.84 bits per heavy atom. The number of aryl methyl sites for hydroxylation is 1. The predicted octanol–water partition coefficient (Wildman–Crippen LogP) is 3.21. The number of hydrogen-bond donors (Lipinski definition) is 1. The lowest BCUT2D eigenvalue weighted by Crippen LogP contribution is -2.59. The third-order valence-electron chi connectivity index (χ3n) is 4.71. The van der Waals surface area contributed by atoms with E-state index in [-0.39, 0.29) is 0 Å². The maximum Gasteiger partial charge on any atom is 0.0438 e. The molecular formula is C17H26N2. The number of hydrogen-bond acceptors (Lipinski definition) is 2. The second-order valence-electron chi connectivity index (χ2n) is 6.65. The molecule has 0 radical (unpaired) electrons. The molecule has 1 aromatic carbocycles. The second kappa shape index (κ2) is 5.16. The Balaban J connectivity index is 1.81. The lowest BCUT2D eigenvalue weighted by molar-refractivity contribution is 0.320. The van der Waals surface area contributed by atoms with Crippen molar-refractivity contribution in [2.45, 2.75) is 45.7 Å². The smallest absolute Gasteiger partial charge is 0.0438 e. The fourth-order valence-electron chi connectivity index (χ4n) is 3.24. The first-order valence-corrected chi connectivity index (χ1v) is 7.72. The molecule has 0 bridgehead atoms. The van der Waals surface area contributed by atoms with Gasteiger partial charge >= 0.3 is 0 Å². The predicted molar refractivity (Wildman–Crippen MR) is 81.7 cm³/mol. The quantitative estimate of drug-likeness (QED) is 0.895. The molecule has 1 aliphatic heterocycles. The summed E-state index contributed by atoms with van der Waals surface area (Å²) in [4.78, 5) is 2.64. The maximum atomic E-state index is 3.78. The van der Waals surface area contributed by atoms with Gasteiger partial charge in [0.05, 0.1) is 0 Å². The van der Waals surface area contributed by atoms with Crippen molar-refractivity contribution in [1.82, 2.24) is 5.32 Å². The van der Waals surface area contributed by atoms with Gasteiger partial charge in [-0.3, -0.25) is 0 Å². The highest BCUT2D eigenvalue weighted by Crippen LogP contribution is 2.36. The van der Waals surface area contributed by atoms with Crippen LogP contribution in [0.5, 0.6) is 0 Å². The van der Waals surface area contributed by atoms with Crippen molar-refractivity contribution in [3.8, 4) is 0 Å². The van der Waals surface area contributed by atoms with Crippen molar-refractivity contribution >= 4 is 5.69 Å². The first-order valence-electron chi connectivity index (χ1n) is 7.72. The highest BCUT2D eigenvalue weighted by Gasteiger charge is 2.37. The normalized spacial score (nSPS) is 27.9. The van der Waals surface area contributed by atoms with Gasteiger partial charge in [-0.15, -0.1) is 0 Å². The summed E-state index contributed by atoms with van der Waals surface area (Å²) in [6.07, 6.45) is 2.84. The standard InChI is InChI=1S/C17H26N2/c1-12(2)17-10-18-16(14-6-7-14)11-19(17)15-8-4-13(3)5-9-15/h4-5,8-9,12,14,16-18H,6-7,10-11H2,1-3H3. The van der Waals surface area contributed by atoms with Gasteiger partial charge in [0.25, 0.3) is 0 Å². The third kappa shape index (κ3) is 2.79. The molecule has 2 unspecified atom stereocenters. The number of nitrogens with zero attached hydrogens (tertiary/aromatic N) is 1. The van der Waals surface area contributed by atoms with Crippen LogP contribution in [-0.2, 0) is 0 Å². The van der Waals surface area contributed by atoms with Crippen molar-refractivity contribution in [3.05, 3.63) is 29.8 Å². The van der Waals surface area contributed by atoms with Crippen molar-refractivity contribution in [2.24, 2.45) is 11.8 Å². The summed E-state index contributed by atoms with van der Waals surface area (Å²) < 4.78 is 0. The van der Waals surface area contributed by atoms with Crippen LogP contribution in [0.25, 0.3) is 0 Å². The van der Waals surface area contributed by atoms with Crippen LogP contribution < -0.4 is 10.2 Å². The summed E-state index contributed by atoms with van der Waals surface area (Å²) in [5.74, 6) is 1.62. The average molecular weight is 258 g/mol. The van der Waals surface area contributed by atoms with Crippen LogP contribution in [-0.4, -0.2) is 25.2 Å². The largest absolute Gasteiger partial charge is 0.365 e. The van der Waals surface area contributed by atoms with Crippen molar-refractivity contribution < 1.29 is 0 Å². The number of piperazine rings is 1. The zero-order valence-electron chi connectivity index (χ0n) is 12.4.